The van der Waals surface area contributed by atoms with Gasteiger partial charge in [-0.2, -0.15) is 5.10 Å². The van der Waals surface area contributed by atoms with Crippen molar-refractivity contribution in [2.24, 2.45) is 11.8 Å². The summed E-state index contributed by atoms with van der Waals surface area (Å²) in [5.74, 6) is 2.69. The van der Waals surface area contributed by atoms with Gasteiger partial charge in [0, 0.05) is 25.1 Å². The second-order valence-corrected chi connectivity index (χ2v) is 8.16. The molecule has 2 heterocycles. The van der Waals surface area contributed by atoms with Crippen molar-refractivity contribution >= 4 is 11.7 Å². The molecule has 1 saturated carbocycles. The molecule has 1 aliphatic carbocycles. The summed E-state index contributed by atoms with van der Waals surface area (Å²) in [6.45, 7) is 7.00. The summed E-state index contributed by atoms with van der Waals surface area (Å²) in [4.78, 5) is 15.0. The summed E-state index contributed by atoms with van der Waals surface area (Å²) >= 11 is 0. The summed E-state index contributed by atoms with van der Waals surface area (Å²) < 4.78 is 1.87. The predicted octanol–water partition coefficient (Wildman–Crippen LogP) is 3.67. The number of likely N-dealkylation sites (tertiary alicyclic amines) is 1. The molecular weight excluding hydrogens is 324 g/mol. The van der Waals surface area contributed by atoms with E-state index in [1.807, 2.05) is 41.1 Å². The molecule has 0 spiro atoms. The van der Waals surface area contributed by atoms with Crippen LogP contribution in [-0.2, 0) is 4.79 Å². The molecular formula is C21H28N4O. The molecule has 1 saturated heterocycles. The Morgan fingerprint density at radius 2 is 1.85 bits per heavy atom. The van der Waals surface area contributed by atoms with Crippen molar-refractivity contribution < 1.29 is 4.79 Å². The maximum atomic E-state index is 12.7. The monoisotopic (exact) mass is 352 g/mol. The molecule has 0 unspecified atom stereocenters. The zero-order valence-electron chi connectivity index (χ0n) is 15.7. The summed E-state index contributed by atoms with van der Waals surface area (Å²) in [5.41, 5.74) is 2.07. The highest BCUT2D eigenvalue weighted by Gasteiger charge is 2.28. The highest BCUT2D eigenvalue weighted by molar-refractivity contribution is 5.91. The van der Waals surface area contributed by atoms with Gasteiger partial charge in [-0.15, -0.1) is 0 Å². The van der Waals surface area contributed by atoms with Gasteiger partial charge in [-0.25, -0.2) is 4.68 Å². The molecule has 0 bridgehead atoms. The van der Waals surface area contributed by atoms with E-state index < -0.39 is 0 Å². The molecule has 2 fully saturated rings. The molecule has 1 aliphatic heterocycles. The molecule has 2 aromatic rings. The maximum Gasteiger partial charge on any atom is 0.239 e. The lowest BCUT2D eigenvalue weighted by atomic mass is 9.92. The van der Waals surface area contributed by atoms with Gasteiger partial charge in [-0.3, -0.25) is 9.69 Å². The van der Waals surface area contributed by atoms with Crippen LogP contribution < -0.4 is 5.32 Å². The number of aromatic nitrogens is 2. The van der Waals surface area contributed by atoms with Gasteiger partial charge in [0.15, 0.2) is 0 Å². The number of nitrogens with one attached hydrogen (secondary N) is 1. The van der Waals surface area contributed by atoms with Crippen LogP contribution in [0.5, 0.6) is 0 Å². The quantitative estimate of drug-likeness (QED) is 0.893. The van der Waals surface area contributed by atoms with Gasteiger partial charge in [0.05, 0.1) is 17.9 Å². The van der Waals surface area contributed by atoms with E-state index in [9.17, 15) is 4.79 Å². The van der Waals surface area contributed by atoms with Gasteiger partial charge in [0.25, 0.3) is 0 Å². The minimum Gasteiger partial charge on any atom is -0.309 e. The Morgan fingerprint density at radius 1 is 1.15 bits per heavy atom. The number of hydrogen-bond donors (Lipinski definition) is 1. The average Bonchev–Trinajstić information content (AvgIpc) is 3.36. The smallest absolute Gasteiger partial charge is 0.239 e. The van der Waals surface area contributed by atoms with Crippen LogP contribution in [-0.4, -0.2) is 40.2 Å². The lowest BCUT2D eigenvalue weighted by molar-refractivity contribution is -0.117. The van der Waals surface area contributed by atoms with Crippen LogP contribution in [0.1, 0.15) is 44.7 Å². The Labute approximate surface area is 155 Å². The number of para-hydroxylation sites is 1. The molecule has 1 aromatic carbocycles. The Hall–Kier alpha value is -2.14. The van der Waals surface area contributed by atoms with Crippen molar-refractivity contribution in [2.75, 3.05) is 25.0 Å². The van der Waals surface area contributed by atoms with E-state index in [1.165, 1.54) is 19.3 Å². The average molecular weight is 352 g/mol. The van der Waals surface area contributed by atoms with E-state index >= 15 is 0 Å². The van der Waals surface area contributed by atoms with Gasteiger partial charge in [0.1, 0.15) is 5.82 Å². The van der Waals surface area contributed by atoms with Crippen molar-refractivity contribution in [3.05, 3.63) is 42.1 Å². The van der Waals surface area contributed by atoms with Crippen molar-refractivity contribution in [1.29, 1.82) is 0 Å². The Balaban J connectivity index is 1.49. The van der Waals surface area contributed by atoms with Crippen LogP contribution in [0.4, 0.5) is 5.82 Å². The third-order valence-corrected chi connectivity index (χ3v) is 5.30. The van der Waals surface area contributed by atoms with Crippen LogP contribution >= 0.6 is 0 Å². The number of hydrogen-bond acceptors (Lipinski definition) is 3. The lowest BCUT2D eigenvalue weighted by Gasteiger charge is -2.34. The van der Waals surface area contributed by atoms with Crippen molar-refractivity contribution in [3.8, 4) is 5.69 Å². The number of rotatable bonds is 5. The highest BCUT2D eigenvalue weighted by Crippen LogP contribution is 2.40. The second-order valence-electron chi connectivity index (χ2n) is 8.16. The summed E-state index contributed by atoms with van der Waals surface area (Å²) in [5, 5.41) is 7.86. The van der Waals surface area contributed by atoms with E-state index in [0.717, 1.165) is 30.3 Å². The molecule has 5 heteroatoms. The van der Waals surface area contributed by atoms with Crippen molar-refractivity contribution in [1.82, 2.24) is 14.7 Å². The third kappa shape index (κ3) is 3.98. The zero-order chi connectivity index (χ0) is 18.1. The van der Waals surface area contributed by atoms with Crippen LogP contribution in [0, 0.1) is 11.8 Å². The van der Waals surface area contributed by atoms with E-state index in [0.29, 0.717) is 24.3 Å². The SMILES string of the molecule is C[C@@H]1C[C@@H](C)CN(CC(=O)Nc2cc(C3CC3)nn2-c2ccccc2)C1. The first-order valence-electron chi connectivity index (χ1n) is 9.76. The van der Waals surface area contributed by atoms with Crippen LogP contribution in [0.2, 0.25) is 0 Å². The molecule has 138 valence electrons. The first-order valence-corrected chi connectivity index (χ1v) is 9.76. The largest absolute Gasteiger partial charge is 0.309 e. The number of nitrogens with zero attached hydrogens (tertiary/aromatic N) is 3. The van der Waals surface area contributed by atoms with E-state index in [-0.39, 0.29) is 5.91 Å². The predicted molar refractivity (Wildman–Crippen MR) is 104 cm³/mol. The second kappa shape index (κ2) is 7.23. The van der Waals surface area contributed by atoms with Gasteiger partial charge >= 0.3 is 0 Å². The van der Waals surface area contributed by atoms with Crippen LogP contribution in [0.3, 0.4) is 0 Å². The van der Waals surface area contributed by atoms with E-state index in [4.69, 9.17) is 5.10 Å². The number of anilines is 1. The number of benzene rings is 1. The van der Waals surface area contributed by atoms with Crippen LogP contribution in [0.15, 0.2) is 36.4 Å². The minimum absolute atomic E-state index is 0.0470. The topological polar surface area (TPSA) is 50.2 Å². The first kappa shape index (κ1) is 17.3. The fraction of sp³-hybridized carbons (Fsp3) is 0.524. The molecule has 1 N–H and O–H groups in total. The molecule has 1 amide bonds. The lowest BCUT2D eigenvalue weighted by Crippen LogP contribution is -2.43. The molecule has 26 heavy (non-hydrogen) atoms. The Morgan fingerprint density at radius 3 is 2.50 bits per heavy atom. The van der Waals surface area contributed by atoms with Gasteiger partial charge in [-0.1, -0.05) is 32.0 Å². The molecule has 2 aliphatic rings. The van der Waals surface area contributed by atoms with E-state index in [2.05, 4.69) is 24.1 Å². The molecule has 4 rings (SSSR count). The number of carbonyl (C=O) groups excluding carboxylic acids is 1. The summed E-state index contributed by atoms with van der Waals surface area (Å²) in [6.07, 6.45) is 3.65. The molecule has 5 nitrogen and oxygen atoms in total. The normalized spacial score (nSPS) is 23.8. The van der Waals surface area contributed by atoms with Gasteiger partial charge < -0.3 is 5.32 Å². The maximum absolute atomic E-state index is 12.7. The Bertz CT molecular complexity index is 756. The van der Waals surface area contributed by atoms with Gasteiger partial charge in [0.2, 0.25) is 5.91 Å². The van der Waals surface area contributed by atoms with Crippen LogP contribution in [0.25, 0.3) is 5.69 Å². The fourth-order valence-corrected chi connectivity index (χ4v) is 4.14. The number of piperidine rings is 1. The highest BCUT2D eigenvalue weighted by atomic mass is 16.2. The third-order valence-electron chi connectivity index (χ3n) is 5.30. The van der Waals surface area contributed by atoms with E-state index in [1.54, 1.807) is 0 Å². The van der Waals surface area contributed by atoms with Crippen molar-refractivity contribution in [2.45, 2.75) is 39.0 Å². The fourth-order valence-electron chi connectivity index (χ4n) is 4.14. The van der Waals surface area contributed by atoms with Gasteiger partial charge in [-0.05, 0) is 43.2 Å². The summed E-state index contributed by atoms with van der Waals surface area (Å²) in [6, 6.07) is 12.1. The molecule has 1 aromatic heterocycles. The first-order chi connectivity index (χ1) is 12.6. The Kier molecular flexibility index (Phi) is 4.81. The minimum atomic E-state index is 0.0470. The molecule has 2 atom stereocenters. The zero-order valence-corrected chi connectivity index (χ0v) is 15.7. The number of carbonyl (C=O) groups is 1. The number of amides is 1. The van der Waals surface area contributed by atoms with Crippen molar-refractivity contribution in [3.63, 3.8) is 0 Å². The summed E-state index contributed by atoms with van der Waals surface area (Å²) in [7, 11) is 0. The standard InChI is InChI=1S/C21H28N4O/c1-15-10-16(2)13-24(12-15)14-21(26)22-20-11-19(17-8-9-17)23-25(20)18-6-4-3-5-7-18/h3-7,11,15-17H,8-10,12-14H2,1-2H3,(H,22,26)/t15-,16-/m1/s1. The molecule has 0 radical (unpaired) electrons.